The van der Waals surface area contributed by atoms with E-state index in [1.54, 1.807) is 31.3 Å². The molecule has 0 unspecified atom stereocenters. The maximum atomic E-state index is 12.9. The van der Waals surface area contributed by atoms with Gasteiger partial charge < -0.3 is 19.9 Å². The van der Waals surface area contributed by atoms with Crippen LogP contribution < -0.4 is 25.0 Å². The van der Waals surface area contributed by atoms with Gasteiger partial charge in [0.2, 0.25) is 5.88 Å². The van der Waals surface area contributed by atoms with E-state index < -0.39 is 22.1 Å². The van der Waals surface area contributed by atoms with Crippen molar-refractivity contribution < 1.29 is 36.9 Å². The van der Waals surface area contributed by atoms with Gasteiger partial charge in [0.1, 0.15) is 11.4 Å². The molecule has 3 heterocycles. The highest BCUT2D eigenvalue weighted by Crippen LogP contribution is 2.40. The van der Waals surface area contributed by atoms with Gasteiger partial charge in [-0.05, 0) is 41.9 Å². The molecule has 36 heavy (non-hydrogen) atoms. The van der Waals surface area contributed by atoms with Crippen LogP contribution in [0.2, 0.25) is 0 Å². The number of allylic oxidation sites excluding steroid dienone is 1. The lowest BCUT2D eigenvalue weighted by molar-refractivity contribution is -0.274. The zero-order chi connectivity index (χ0) is 25.0. The number of halogens is 3. The van der Waals surface area contributed by atoms with Crippen molar-refractivity contribution in [3.8, 4) is 5.75 Å². The van der Waals surface area contributed by atoms with E-state index in [4.69, 9.17) is 0 Å². The van der Waals surface area contributed by atoms with Gasteiger partial charge in [0.05, 0.1) is 23.4 Å². The molecular formula is C21H18F3N6O5S. The van der Waals surface area contributed by atoms with Crippen LogP contribution in [0.4, 0.5) is 24.5 Å². The normalized spacial score (nSPS) is 15.2. The number of alkyl halides is 3. The standard InChI is InChI=1S/C21H16F3N6O4S.H2O/c1-28-11-19(25-12-28)35(32,33)26-16-10-18-20(31)29(27-30(18)17-5-3-2-4-15(16)17)13-6-8-14(9-7-13)34-21(22,23)24;/h2-12,26,31H,1H3;1H2. The van der Waals surface area contributed by atoms with Crippen LogP contribution in [0.15, 0.2) is 83.7 Å². The fourth-order valence-corrected chi connectivity index (χ4v) is 4.61. The molecule has 0 spiro atoms. The van der Waals surface area contributed by atoms with Crippen LogP contribution in [0.3, 0.4) is 0 Å². The lowest BCUT2D eigenvalue weighted by Crippen LogP contribution is -2.37. The second kappa shape index (κ2) is 8.78. The number of ether oxygens (including phenoxy) is 1. The zero-order valence-electron chi connectivity index (χ0n) is 18.3. The molecule has 0 atom stereocenters. The molecule has 2 aliphatic rings. The predicted octanol–water partition coefficient (Wildman–Crippen LogP) is 2.32. The number of aliphatic hydroxyl groups is 1. The van der Waals surface area contributed by atoms with Crippen LogP contribution in [-0.4, -0.2) is 34.9 Å². The highest BCUT2D eigenvalue weighted by molar-refractivity contribution is 7.89. The Balaban J connectivity index is 0.00000304. The van der Waals surface area contributed by atoms with Crippen LogP contribution in [0.25, 0.3) is 5.70 Å². The van der Waals surface area contributed by atoms with Gasteiger partial charge in [-0.25, -0.2) is 15.0 Å². The first-order valence-corrected chi connectivity index (χ1v) is 11.4. The van der Waals surface area contributed by atoms with Crippen molar-refractivity contribution in [3.05, 3.63) is 84.3 Å². The van der Waals surface area contributed by atoms with Gasteiger partial charge in [-0.15, -0.1) is 13.2 Å². The highest BCUT2D eigenvalue weighted by Gasteiger charge is 2.37. The number of anilines is 2. The van der Waals surface area contributed by atoms with E-state index >= 15 is 0 Å². The molecule has 0 fully saturated rings. The van der Waals surface area contributed by atoms with Crippen LogP contribution in [0, 0.1) is 0 Å². The first kappa shape index (κ1) is 24.9. The lowest BCUT2D eigenvalue weighted by atomic mass is 10.0. The van der Waals surface area contributed by atoms with Gasteiger partial charge >= 0.3 is 6.36 Å². The van der Waals surface area contributed by atoms with E-state index in [9.17, 15) is 26.7 Å². The van der Waals surface area contributed by atoms with Crippen LogP contribution in [-0.2, 0) is 17.1 Å². The fraction of sp³-hybridized carbons (Fsp3) is 0.0952. The van der Waals surface area contributed by atoms with E-state index in [0.29, 0.717) is 11.3 Å². The molecule has 189 valence electrons. The molecule has 0 bridgehead atoms. The highest BCUT2D eigenvalue weighted by atomic mass is 32.2. The Morgan fingerprint density at radius 1 is 1.06 bits per heavy atom. The second-order valence-corrected chi connectivity index (χ2v) is 9.15. The number of sulfonamides is 1. The minimum Gasteiger partial charge on any atom is -0.492 e. The second-order valence-electron chi connectivity index (χ2n) is 7.52. The molecule has 0 aliphatic carbocycles. The first-order valence-electron chi connectivity index (χ1n) is 9.94. The van der Waals surface area contributed by atoms with E-state index in [-0.39, 0.29) is 33.5 Å². The van der Waals surface area contributed by atoms with Crippen molar-refractivity contribution in [2.45, 2.75) is 11.4 Å². The molecule has 0 saturated carbocycles. The van der Waals surface area contributed by atoms with Crippen molar-refractivity contribution in [3.63, 3.8) is 0 Å². The summed E-state index contributed by atoms with van der Waals surface area (Å²) in [4.78, 5) is 3.88. The monoisotopic (exact) mass is 523 g/mol. The molecule has 5 rings (SSSR count). The molecule has 11 nitrogen and oxygen atoms in total. The summed E-state index contributed by atoms with van der Waals surface area (Å²) in [5, 5.41) is 13.2. The van der Waals surface area contributed by atoms with Crippen molar-refractivity contribution in [2.75, 3.05) is 10.0 Å². The van der Waals surface area contributed by atoms with Crippen molar-refractivity contribution in [1.29, 1.82) is 0 Å². The summed E-state index contributed by atoms with van der Waals surface area (Å²) in [6.45, 7) is 0. The molecule has 2 aromatic carbocycles. The topological polar surface area (TPSA) is 146 Å². The Morgan fingerprint density at radius 2 is 1.75 bits per heavy atom. The maximum Gasteiger partial charge on any atom is 0.573 e. The summed E-state index contributed by atoms with van der Waals surface area (Å²) in [7, 11) is -2.40. The molecule has 0 saturated heterocycles. The quantitative estimate of drug-likeness (QED) is 0.522. The average Bonchev–Trinajstić information content (AvgIpc) is 3.38. The van der Waals surface area contributed by atoms with Gasteiger partial charge in [0, 0.05) is 18.8 Å². The Bertz CT molecular complexity index is 1470. The van der Waals surface area contributed by atoms with Crippen LogP contribution >= 0.6 is 0 Å². The van der Waals surface area contributed by atoms with E-state index in [0.717, 1.165) is 17.1 Å². The minimum absolute atomic E-state index is 0. The molecular weight excluding hydrogens is 505 g/mol. The number of fused-ring (bicyclic) bond motifs is 3. The SMILES string of the molecule is Cn1cnc(S(=O)(=O)NC2=CC3=C(O)N(c4ccc(OC(F)(F)F)cc4)[N]N3c3ccccc32)c1.O. The van der Waals surface area contributed by atoms with E-state index in [1.807, 2.05) is 0 Å². The lowest BCUT2D eigenvalue weighted by Gasteiger charge is -2.27. The molecule has 1 radical (unpaired) electrons. The number of rotatable bonds is 5. The predicted molar refractivity (Wildman–Crippen MR) is 121 cm³/mol. The summed E-state index contributed by atoms with van der Waals surface area (Å²) < 4.78 is 70.9. The number of hydrogen-bond acceptors (Lipinski definition) is 7. The van der Waals surface area contributed by atoms with Crippen molar-refractivity contribution in [2.24, 2.45) is 7.05 Å². The van der Waals surface area contributed by atoms with Gasteiger partial charge in [-0.1, -0.05) is 18.2 Å². The van der Waals surface area contributed by atoms with E-state index in [2.05, 4.69) is 20.0 Å². The Hall–Kier alpha value is -4.21. The largest absolute Gasteiger partial charge is 0.573 e. The zero-order valence-corrected chi connectivity index (χ0v) is 19.1. The number of imidazole rings is 1. The number of aromatic nitrogens is 2. The summed E-state index contributed by atoms with van der Waals surface area (Å²) in [6, 6.07) is 11.5. The first-order chi connectivity index (χ1) is 16.5. The minimum atomic E-state index is -4.84. The third-order valence-electron chi connectivity index (χ3n) is 5.06. The third-order valence-corrected chi connectivity index (χ3v) is 6.31. The van der Waals surface area contributed by atoms with Crippen molar-refractivity contribution >= 4 is 27.1 Å². The maximum absolute atomic E-state index is 12.9. The summed E-state index contributed by atoms with van der Waals surface area (Å²) in [5.41, 5.74) is 5.88. The Morgan fingerprint density at radius 3 is 2.39 bits per heavy atom. The number of hydrogen-bond donors (Lipinski definition) is 2. The van der Waals surface area contributed by atoms with Crippen LogP contribution in [0.1, 0.15) is 5.56 Å². The summed E-state index contributed by atoms with van der Waals surface area (Å²) in [5.74, 6) is -0.791. The van der Waals surface area contributed by atoms with Gasteiger partial charge in [-0.2, -0.15) is 8.42 Å². The van der Waals surface area contributed by atoms with E-state index in [1.165, 1.54) is 40.3 Å². The Kier molecular flexibility index (Phi) is 6.07. The number of aryl methyl sites for hydroxylation is 1. The molecule has 15 heteroatoms. The Labute approximate surface area is 202 Å². The molecule has 0 amide bonds. The van der Waals surface area contributed by atoms with Gasteiger partial charge in [0.25, 0.3) is 10.0 Å². The molecule has 2 aliphatic heterocycles. The average molecular weight is 523 g/mol. The molecule has 4 N–H and O–H groups in total. The van der Waals surface area contributed by atoms with Gasteiger partial charge in [-0.3, -0.25) is 4.72 Å². The number of benzene rings is 2. The number of nitrogens with zero attached hydrogens (tertiary/aromatic N) is 5. The summed E-state index contributed by atoms with van der Waals surface area (Å²) in [6.07, 6.45) is -0.729. The molecule has 3 aromatic rings. The summed E-state index contributed by atoms with van der Waals surface area (Å²) >= 11 is 0. The number of aliphatic hydroxyl groups excluding tert-OH is 1. The smallest absolute Gasteiger partial charge is 0.492 e. The van der Waals surface area contributed by atoms with Gasteiger partial charge in [0.15, 0.2) is 5.03 Å². The fourth-order valence-electron chi connectivity index (χ4n) is 3.56. The third kappa shape index (κ3) is 4.53. The molecule has 1 aromatic heterocycles. The van der Waals surface area contributed by atoms with Crippen molar-refractivity contribution in [1.82, 2.24) is 19.8 Å². The number of para-hydroxylation sites is 1. The number of nitrogens with one attached hydrogen (secondary N) is 1. The van der Waals surface area contributed by atoms with Crippen LogP contribution in [0.5, 0.6) is 5.75 Å².